The highest BCUT2D eigenvalue weighted by Crippen LogP contribution is 2.11. The normalized spacial score (nSPS) is 15.4. The van der Waals surface area contributed by atoms with Crippen molar-refractivity contribution >= 4 is 11.9 Å². The third kappa shape index (κ3) is 4.19. The van der Waals surface area contributed by atoms with Crippen molar-refractivity contribution in [1.82, 2.24) is 15.1 Å². The molecule has 1 heterocycles. The van der Waals surface area contributed by atoms with Gasteiger partial charge >= 0.3 is 6.03 Å². The second-order valence-corrected chi connectivity index (χ2v) is 5.38. The van der Waals surface area contributed by atoms with Crippen LogP contribution in [-0.4, -0.2) is 54.5 Å². The van der Waals surface area contributed by atoms with Gasteiger partial charge in [0.25, 0.3) is 5.91 Å². The third-order valence-electron chi connectivity index (χ3n) is 3.67. The highest BCUT2D eigenvalue weighted by atomic mass is 19.1. The number of nitrogens with zero attached hydrogens (tertiary/aromatic N) is 2. The number of carbonyl (C=O) groups is 2. The number of hydrogen-bond donors (Lipinski definition) is 1. The first-order valence-corrected chi connectivity index (χ1v) is 7.69. The van der Waals surface area contributed by atoms with Crippen LogP contribution < -0.4 is 5.32 Å². The Balaban J connectivity index is 1.95. The van der Waals surface area contributed by atoms with E-state index in [2.05, 4.69) is 5.32 Å². The number of nitrogens with one attached hydrogen (secondary N) is 1. The summed E-state index contributed by atoms with van der Waals surface area (Å²) in [5.41, 5.74) is 0.351. The lowest BCUT2D eigenvalue weighted by molar-refractivity contribution is 0.0762. The molecule has 0 saturated carbocycles. The average Bonchev–Trinajstić information content (AvgIpc) is 2.78. The van der Waals surface area contributed by atoms with Gasteiger partial charge in [-0.3, -0.25) is 4.79 Å². The van der Waals surface area contributed by atoms with E-state index < -0.39 is 5.82 Å². The Kier molecular flexibility index (Phi) is 5.75. The molecule has 1 N–H and O–H groups in total. The van der Waals surface area contributed by atoms with Crippen molar-refractivity contribution in [3.8, 4) is 0 Å². The largest absolute Gasteiger partial charge is 0.338 e. The summed E-state index contributed by atoms with van der Waals surface area (Å²) >= 11 is 0. The molecule has 0 atom stereocenters. The third-order valence-corrected chi connectivity index (χ3v) is 3.67. The van der Waals surface area contributed by atoms with E-state index in [0.717, 1.165) is 12.8 Å². The summed E-state index contributed by atoms with van der Waals surface area (Å²) in [4.78, 5) is 27.8. The fraction of sp³-hybridized carbons (Fsp3) is 0.500. The molecule has 0 bridgehead atoms. The number of halogens is 1. The SMILES string of the molecule is CCCNC(=O)N1CCCN(C(=O)c2cccc(F)c2)CC1. The van der Waals surface area contributed by atoms with Crippen LogP contribution in [0.2, 0.25) is 0 Å². The molecule has 1 aromatic carbocycles. The molecule has 1 aliphatic rings. The maximum atomic E-state index is 13.2. The topological polar surface area (TPSA) is 52.7 Å². The van der Waals surface area contributed by atoms with Gasteiger partial charge in [-0.05, 0) is 31.0 Å². The molecule has 6 heteroatoms. The zero-order valence-electron chi connectivity index (χ0n) is 12.8. The zero-order valence-corrected chi connectivity index (χ0v) is 12.8. The van der Waals surface area contributed by atoms with Crippen molar-refractivity contribution in [3.05, 3.63) is 35.6 Å². The van der Waals surface area contributed by atoms with E-state index in [1.54, 1.807) is 15.9 Å². The maximum absolute atomic E-state index is 13.2. The van der Waals surface area contributed by atoms with Gasteiger partial charge < -0.3 is 15.1 Å². The van der Waals surface area contributed by atoms with Gasteiger partial charge in [0, 0.05) is 38.3 Å². The summed E-state index contributed by atoms with van der Waals surface area (Å²) < 4.78 is 13.2. The van der Waals surface area contributed by atoms with E-state index in [-0.39, 0.29) is 11.9 Å². The fourth-order valence-electron chi connectivity index (χ4n) is 2.47. The van der Waals surface area contributed by atoms with E-state index in [9.17, 15) is 14.0 Å². The molecule has 0 aliphatic carbocycles. The lowest BCUT2D eigenvalue weighted by Crippen LogP contribution is -2.42. The van der Waals surface area contributed by atoms with E-state index in [1.165, 1.54) is 18.2 Å². The molecule has 3 amide bonds. The van der Waals surface area contributed by atoms with Gasteiger partial charge in [-0.25, -0.2) is 9.18 Å². The van der Waals surface area contributed by atoms with Gasteiger partial charge in [0.05, 0.1) is 0 Å². The molecule has 22 heavy (non-hydrogen) atoms. The summed E-state index contributed by atoms with van der Waals surface area (Å²) in [5, 5.41) is 2.85. The molecule has 1 saturated heterocycles. The van der Waals surface area contributed by atoms with Gasteiger partial charge in [0.1, 0.15) is 5.82 Å². The Morgan fingerprint density at radius 1 is 1.18 bits per heavy atom. The monoisotopic (exact) mass is 307 g/mol. The minimum atomic E-state index is -0.416. The van der Waals surface area contributed by atoms with Gasteiger partial charge in [0.15, 0.2) is 0 Å². The Labute approximate surface area is 130 Å². The van der Waals surface area contributed by atoms with E-state index in [1.807, 2.05) is 6.92 Å². The molecule has 0 radical (unpaired) electrons. The second kappa shape index (κ2) is 7.77. The Bertz CT molecular complexity index is 536. The van der Waals surface area contributed by atoms with Crippen molar-refractivity contribution in [2.75, 3.05) is 32.7 Å². The Morgan fingerprint density at radius 3 is 2.64 bits per heavy atom. The van der Waals surface area contributed by atoms with Crippen molar-refractivity contribution in [2.24, 2.45) is 0 Å². The molecule has 5 nitrogen and oxygen atoms in total. The summed E-state index contributed by atoms with van der Waals surface area (Å²) in [7, 11) is 0. The molecule has 1 fully saturated rings. The molecule has 0 aromatic heterocycles. The predicted molar refractivity (Wildman–Crippen MR) is 82.2 cm³/mol. The van der Waals surface area contributed by atoms with Crippen LogP contribution in [0.3, 0.4) is 0 Å². The number of benzene rings is 1. The first-order chi connectivity index (χ1) is 10.6. The summed E-state index contributed by atoms with van der Waals surface area (Å²) in [6, 6.07) is 5.63. The van der Waals surface area contributed by atoms with E-state index >= 15 is 0 Å². The van der Waals surface area contributed by atoms with Crippen LogP contribution in [0.5, 0.6) is 0 Å². The number of amides is 3. The second-order valence-electron chi connectivity index (χ2n) is 5.38. The van der Waals surface area contributed by atoms with Crippen molar-refractivity contribution in [3.63, 3.8) is 0 Å². The smallest absolute Gasteiger partial charge is 0.317 e. The van der Waals surface area contributed by atoms with Crippen molar-refractivity contribution in [1.29, 1.82) is 0 Å². The van der Waals surface area contributed by atoms with Crippen LogP contribution >= 0.6 is 0 Å². The summed E-state index contributed by atoms with van der Waals surface area (Å²) in [5.74, 6) is -0.600. The average molecular weight is 307 g/mol. The fourth-order valence-corrected chi connectivity index (χ4v) is 2.47. The van der Waals surface area contributed by atoms with Gasteiger partial charge in [-0.1, -0.05) is 13.0 Å². The van der Waals surface area contributed by atoms with Crippen LogP contribution in [0.4, 0.5) is 9.18 Å². The highest BCUT2D eigenvalue weighted by molar-refractivity contribution is 5.94. The summed E-state index contributed by atoms with van der Waals surface area (Å²) in [6.45, 7) is 4.82. The molecule has 120 valence electrons. The molecular weight excluding hydrogens is 285 g/mol. The van der Waals surface area contributed by atoms with Crippen molar-refractivity contribution < 1.29 is 14.0 Å². The minimum Gasteiger partial charge on any atom is -0.338 e. The maximum Gasteiger partial charge on any atom is 0.317 e. The molecule has 1 aliphatic heterocycles. The molecular formula is C16H22FN3O2. The van der Waals surface area contributed by atoms with Gasteiger partial charge in [-0.15, -0.1) is 0 Å². The van der Waals surface area contributed by atoms with Crippen molar-refractivity contribution in [2.45, 2.75) is 19.8 Å². The lowest BCUT2D eigenvalue weighted by Gasteiger charge is -2.22. The van der Waals surface area contributed by atoms with Crippen LogP contribution in [-0.2, 0) is 0 Å². The molecule has 1 aromatic rings. The number of hydrogen-bond acceptors (Lipinski definition) is 2. The number of carbonyl (C=O) groups excluding carboxylic acids is 2. The Hall–Kier alpha value is -2.11. The van der Waals surface area contributed by atoms with Gasteiger partial charge in [-0.2, -0.15) is 0 Å². The van der Waals surface area contributed by atoms with E-state index in [4.69, 9.17) is 0 Å². The quantitative estimate of drug-likeness (QED) is 0.929. The highest BCUT2D eigenvalue weighted by Gasteiger charge is 2.22. The Morgan fingerprint density at radius 2 is 1.91 bits per heavy atom. The summed E-state index contributed by atoms with van der Waals surface area (Å²) in [6.07, 6.45) is 1.62. The van der Waals surface area contributed by atoms with Gasteiger partial charge in [0.2, 0.25) is 0 Å². The van der Waals surface area contributed by atoms with E-state index in [0.29, 0.717) is 38.3 Å². The van der Waals surface area contributed by atoms with Crippen LogP contribution in [0.15, 0.2) is 24.3 Å². The molecule has 0 spiro atoms. The lowest BCUT2D eigenvalue weighted by atomic mass is 10.2. The van der Waals surface area contributed by atoms with Crippen LogP contribution in [0.25, 0.3) is 0 Å². The standard InChI is InChI=1S/C16H22FN3O2/c1-2-7-18-16(22)20-9-4-8-19(10-11-20)15(21)13-5-3-6-14(17)12-13/h3,5-6,12H,2,4,7-11H2,1H3,(H,18,22). The molecule has 0 unspecified atom stereocenters. The zero-order chi connectivity index (χ0) is 15.9. The predicted octanol–water partition coefficient (Wildman–Crippen LogP) is 2.09. The minimum absolute atomic E-state index is 0.0816. The number of rotatable bonds is 3. The first-order valence-electron chi connectivity index (χ1n) is 7.69. The van der Waals surface area contributed by atoms with Crippen LogP contribution in [0, 0.1) is 5.82 Å². The number of urea groups is 1. The first kappa shape index (κ1) is 16.3. The van der Waals surface area contributed by atoms with Crippen LogP contribution in [0.1, 0.15) is 30.1 Å². The molecule has 2 rings (SSSR count).